The van der Waals surface area contributed by atoms with E-state index in [0.29, 0.717) is 23.5 Å². The van der Waals surface area contributed by atoms with E-state index in [9.17, 15) is 4.79 Å². The number of benzene rings is 1. The summed E-state index contributed by atoms with van der Waals surface area (Å²) in [4.78, 5) is 29.1. The molecule has 1 aliphatic heterocycles. The Hall–Kier alpha value is -3.13. The zero-order chi connectivity index (χ0) is 24.5. The Balaban J connectivity index is 1.31. The number of amides is 1. The van der Waals surface area contributed by atoms with Crippen LogP contribution in [0.25, 0.3) is 11.0 Å². The first-order valence-electron chi connectivity index (χ1n) is 12.7. The van der Waals surface area contributed by atoms with Gasteiger partial charge in [-0.05, 0) is 61.6 Å². The Morgan fingerprint density at radius 1 is 1.09 bits per heavy atom. The second-order valence-corrected chi connectivity index (χ2v) is 10.9. The van der Waals surface area contributed by atoms with Crippen molar-refractivity contribution in [3.63, 3.8) is 0 Å². The van der Waals surface area contributed by atoms with Gasteiger partial charge in [-0.1, -0.05) is 13.8 Å². The maximum atomic E-state index is 13.1. The van der Waals surface area contributed by atoms with Gasteiger partial charge in [0.1, 0.15) is 11.3 Å². The van der Waals surface area contributed by atoms with E-state index >= 15 is 0 Å². The topological polar surface area (TPSA) is 69.5 Å². The molecule has 2 aromatic heterocycles. The number of fused-ring (bicyclic) bond motifs is 1. The minimum Gasteiger partial charge on any atom is -0.369 e. The van der Waals surface area contributed by atoms with Crippen molar-refractivity contribution in [2.45, 2.75) is 25.8 Å². The zero-order valence-corrected chi connectivity index (χ0v) is 21.3. The molecular weight excluding hydrogens is 438 g/mol. The summed E-state index contributed by atoms with van der Waals surface area (Å²) in [5.41, 5.74) is 3.73. The first kappa shape index (κ1) is 22.3. The maximum absolute atomic E-state index is 13.1. The molecule has 3 aromatic rings. The molecule has 184 valence electrons. The fourth-order valence-electron chi connectivity index (χ4n) is 6.56. The summed E-state index contributed by atoms with van der Waals surface area (Å²) in [6.07, 6.45) is 2.96. The van der Waals surface area contributed by atoms with Crippen LogP contribution in [-0.2, 0) is 5.54 Å². The molecule has 35 heavy (non-hydrogen) atoms. The van der Waals surface area contributed by atoms with Crippen molar-refractivity contribution >= 4 is 34.3 Å². The number of carbonyl (C=O) groups is 1. The first-order valence-corrected chi connectivity index (χ1v) is 12.7. The van der Waals surface area contributed by atoms with Crippen LogP contribution >= 0.6 is 0 Å². The summed E-state index contributed by atoms with van der Waals surface area (Å²) in [6.45, 7) is 8.90. The highest BCUT2D eigenvalue weighted by Gasteiger charge is 2.70. The lowest BCUT2D eigenvalue weighted by Gasteiger charge is -2.73. The Morgan fingerprint density at radius 2 is 1.77 bits per heavy atom. The molecule has 8 heteroatoms. The van der Waals surface area contributed by atoms with Crippen LogP contribution in [0.2, 0.25) is 0 Å². The second kappa shape index (κ2) is 7.95. The van der Waals surface area contributed by atoms with Gasteiger partial charge < -0.3 is 24.6 Å². The molecule has 1 amide bonds. The number of hydrogen-bond acceptors (Lipinski definition) is 6. The van der Waals surface area contributed by atoms with Gasteiger partial charge in [-0.15, -0.1) is 0 Å². The largest absolute Gasteiger partial charge is 0.369 e. The summed E-state index contributed by atoms with van der Waals surface area (Å²) in [5.74, 6) is 2.42. The van der Waals surface area contributed by atoms with Crippen molar-refractivity contribution in [2.24, 2.45) is 17.8 Å². The van der Waals surface area contributed by atoms with Crippen molar-refractivity contribution in [1.82, 2.24) is 24.3 Å². The average molecular weight is 474 g/mol. The molecule has 3 heterocycles. The second-order valence-electron chi connectivity index (χ2n) is 10.9. The molecular formula is C27H35N7O. The number of carbonyl (C=O) groups excluding carboxylic acids is 1. The average Bonchev–Trinajstić information content (AvgIpc) is 3.21. The molecule has 2 bridgehead atoms. The summed E-state index contributed by atoms with van der Waals surface area (Å²) in [6, 6.07) is 10.5. The van der Waals surface area contributed by atoms with Crippen LogP contribution in [-0.4, -0.2) is 77.6 Å². The normalized spacial score (nSPS) is 27.9. The molecule has 8 nitrogen and oxygen atoms in total. The van der Waals surface area contributed by atoms with Crippen LogP contribution in [0.5, 0.6) is 0 Å². The van der Waals surface area contributed by atoms with Crippen molar-refractivity contribution in [2.75, 3.05) is 57.5 Å². The molecule has 0 unspecified atom stereocenters. The Kier molecular flexibility index (Phi) is 5.07. The van der Waals surface area contributed by atoms with E-state index in [-0.39, 0.29) is 11.4 Å². The number of anilines is 3. The number of nitrogens with one attached hydrogen (secondary N) is 1. The van der Waals surface area contributed by atoms with E-state index in [2.05, 4.69) is 69.8 Å². The van der Waals surface area contributed by atoms with Crippen molar-refractivity contribution in [3.05, 3.63) is 42.2 Å². The lowest BCUT2D eigenvalue weighted by Crippen LogP contribution is -2.73. The molecule has 3 saturated carbocycles. The third kappa shape index (κ3) is 3.26. The van der Waals surface area contributed by atoms with Crippen LogP contribution in [0.3, 0.4) is 0 Å². The van der Waals surface area contributed by atoms with Crippen molar-refractivity contribution in [3.8, 4) is 0 Å². The summed E-state index contributed by atoms with van der Waals surface area (Å²) < 4.78 is 2.24. The van der Waals surface area contributed by atoms with Gasteiger partial charge in [-0.3, -0.25) is 4.79 Å². The predicted molar refractivity (Wildman–Crippen MR) is 139 cm³/mol. The lowest BCUT2D eigenvalue weighted by molar-refractivity contribution is -0.225. The minimum atomic E-state index is -0.0246. The molecule has 0 spiro atoms. The number of rotatable bonds is 5. The Bertz CT molecular complexity index is 1260. The number of likely N-dealkylation sites (N-methyl/N-ethyl adjacent to an activating group) is 1. The molecule has 3 aliphatic carbocycles. The third-order valence-corrected chi connectivity index (χ3v) is 9.00. The van der Waals surface area contributed by atoms with Crippen LogP contribution < -0.4 is 10.2 Å². The molecule has 4 fully saturated rings. The summed E-state index contributed by atoms with van der Waals surface area (Å²) in [7, 11) is 5.79. The minimum absolute atomic E-state index is 0.0149. The predicted octanol–water partition coefficient (Wildman–Crippen LogP) is 3.63. The monoisotopic (exact) mass is 473 g/mol. The molecule has 1 N–H and O–H groups in total. The highest BCUT2D eigenvalue weighted by atomic mass is 16.2. The Morgan fingerprint density at radius 3 is 2.37 bits per heavy atom. The zero-order valence-electron chi connectivity index (χ0n) is 21.3. The third-order valence-electron chi connectivity index (χ3n) is 9.00. The highest BCUT2D eigenvalue weighted by molar-refractivity contribution is 5.98. The van der Waals surface area contributed by atoms with Gasteiger partial charge >= 0.3 is 0 Å². The maximum Gasteiger partial charge on any atom is 0.270 e. The molecule has 0 radical (unpaired) electrons. The van der Waals surface area contributed by atoms with Crippen LogP contribution in [0.4, 0.5) is 17.3 Å². The fourth-order valence-corrected chi connectivity index (χ4v) is 6.56. The first-order chi connectivity index (χ1) is 16.8. The molecule has 1 saturated heterocycles. The van der Waals surface area contributed by atoms with Gasteiger partial charge in [-0.25, -0.2) is 4.98 Å². The van der Waals surface area contributed by atoms with Gasteiger partial charge in [0, 0.05) is 63.2 Å². The summed E-state index contributed by atoms with van der Waals surface area (Å²) >= 11 is 0. The van der Waals surface area contributed by atoms with E-state index in [1.165, 1.54) is 5.69 Å². The van der Waals surface area contributed by atoms with Gasteiger partial charge in [-0.2, -0.15) is 4.98 Å². The number of hydrogen-bond donors (Lipinski definition) is 1. The van der Waals surface area contributed by atoms with Gasteiger partial charge in [0.25, 0.3) is 5.91 Å². The molecule has 1 aromatic carbocycles. The van der Waals surface area contributed by atoms with Crippen molar-refractivity contribution in [1.29, 1.82) is 0 Å². The lowest BCUT2D eigenvalue weighted by atomic mass is 9.36. The van der Waals surface area contributed by atoms with E-state index in [4.69, 9.17) is 4.98 Å². The van der Waals surface area contributed by atoms with E-state index in [0.717, 1.165) is 55.2 Å². The van der Waals surface area contributed by atoms with Crippen LogP contribution in [0.1, 0.15) is 30.8 Å². The van der Waals surface area contributed by atoms with Gasteiger partial charge in [0.15, 0.2) is 0 Å². The molecule has 4 aliphatic rings. The van der Waals surface area contributed by atoms with Crippen LogP contribution in [0, 0.1) is 17.8 Å². The number of piperazine rings is 1. The smallest absolute Gasteiger partial charge is 0.270 e. The van der Waals surface area contributed by atoms with Gasteiger partial charge in [0.2, 0.25) is 5.95 Å². The van der Waals surface area contributed by atoms with Crippen molar-refractivity contribution < 1.29 is 4.79 Å². The summed E-state index contributed by atoms with van der Waals surface area (Å²) in [5, 5.41) is 4.30. The fraction of sp³-hybridized carbons (Fsp3) is 0.519. The van der Waals surface area contributed by atoms with E-state index < -0.39 is 0 Å². The number of nitrogens with zero attached hydrogens (tertiary/aromatic N) is 6. The molecule has 7 rings (SSSR count). The van der Waals surface area contributed by atoms with E-state index in [1.54, 1.807) is 4.90 Å². The Labute approximate surface area is 206 Å². The quantitative estimate of drug-likeness (QED) is 0.610. The van der Waals surface area contributed by atoms with Gasteiger partial charge in [0.05, 0.1) is 5.54 Å². The number of aromatic nitrogens is 3. The SMILES string of the molecule is C[C@@H]1C2CC1(n1c(C(=O)N(C)C)cc3cnc(Nc4ccc(N5CCN(C)CC5)cc4)nc31)[C@@H]2C. The standard InChI is InChI=1S/C27H35N7O/c1-17-22-15-27(17,18(22)2)34-23(25(35)31(3)4)14-19-16-28-26(30-24(19)34)29-20-6-8-21(9-7-20)33-12-10-32(5)11-13-33/h6-9,14,16-18,22H,10-13,15H2,1-5H3,(H,28,29,30)/t17-,18-,22?,27?/m1/s1. The molecule has 2 atom stereocenters. The van der Waals surface area contributed by atoms with E-state index in [1.807, 2.05) is 26.4 Å². The van der Waals surface area contributed by atoms with Crippen LogP contribution in [0.15, 0.2) is 36.5 Å². The highest BCUT2D eigenvalue weighted by Crippen LogP contribution is 2.71.